The molecule has 0 saturated carbocycles. The van der Waals surface area contributed by atoms with E-state index in [2.05, 4.69) is 114 Å². The molecule has 6 fully saturated rings. The van der Waals surface area contributed by atoms with Gasteiger partial charge in [0, 0.05) is 103 Å². The highest BCUT2D eigenvalue weighted by Gasteiger charge is 2.44. The Balaban J connectivity index is 0.000000160. The molecule has 12 aromatic rings. The minimum absolute atomic E-state index is 0.0425. The predicted molar refractivity (Wildman–Crippen MR) is 595 cm³/mol. The number of aliphatic hydroxyl groups is 1. The number of nitrogens with zero attached hydrogens (tertiary/aromatic N) is 10. The van der Waals surface area contributed by atoms with Gasteiger partial charge in [-0.05, 0) is 341 Å². The zero-order valence-corrected chi connectivity index (χ0v) is 94.7. The average Bonchev–Trinajstić information content (AvgIpc) is 1.56. The number of carbonyl (C=O) groups is 8. The number of nitrogens with one attached hydrogen (secondary N) is 3. The molecule has 8 N–H and O–H groups in total. The molecule has 7 amide bonds. The number of piperidine rings is 6. The highest BCUT2D eigenvalue weighted by atomic mass is 127. The van der Waals surface area contributed by atoms with Gasteiger partial charge in [0.2, 0.25) is 0 Å². The summed E-state index contributed by atoms with van der Waals surface area (Å²) >= 11 is 12.4. The molecule has 36 heteroatoms. The van der Waals surface area contributed by atoms with Crippen LogP contribution in [0.15, 0.2) is 232 Å². The molecule has 0 radical (unpaired) electrons. The summed E-state index contributed by atoms with van der Waals surface area (Å²) in [5.74, 6) is -1.08. The zero-order chi connectivity index (χ0) is 109. The molecular weight excluding hydrogens is 2230 g/mol. The maximum absolute atomic E-state index is 16.0. The standard InChI is InChI=1S/C28H35FN4O3.2C19H19FN4O.C16H21BrFNO2.C16H22BrNO3.C10H17NO3.C6H4BrI/c1-26(2,3)30-24(34)22-10-7-9-19-17-33(31-23(19)22)21-13-11-20(12-14-21)28(29)15-8-16-32(18-28)25(35)36-27(4,5)6;2*20-19(9-2-10-22-12-19)14-5-7-15(8-6-14)24-11-13-3-1-4-16(18(21)25)17(13)23-24;1-15(2,3)21-14(20)19-10-4-9-16(18,11-19)12-5-7-13(17)8-6-12;1-15(2,3)21-14(19)18-10-4-9-16(20,11-18)12-5-7-13(17)8-6-12;1-10(2,3)14-9(13)11-6-4-5-8(12)7-11;7-5-1-3-6(8)4-2-5/h7,9-14,17H,8,15-16,18H2,1-6H3,(H,30,34);2*1,3-8,11,22H,2,9-10,12H2,(H2,21,25);5-8H,4,9-11H2,1-3H3;5-8,20H,4,9-11H2,1-3H3;4-7H2,1-3H3;1-4H. The molecule has 28 nitrogen and oxygen atoms in total. The van der Waals surface area contributed by atoms with E-state index in [4.69, 9.17) is 30.4 Å². The van der Waals surface area contributed by atoms with E-state index in [0.717, 1.165) is 91.0 Å². The highest BCUT2D eigenvalue weighted by Crippen LogP contribution is 2.42. The number of β-amino-alcohol motifs (C(OH)–C–C–N with tert-alkyl or cyclic N) is 1. The van der Waals surface area contributed by atoms with Crippen molar-refractivity contribution in [3.63, 3.8) is 0 Å². The number of hydrogen-bond donors (Lipinski definition) is 6. The third-order valence-electron chi connectivity index (χ3n) is 25.2. The minimum atomic E-state index is -1.65. The number of alkyl halides is 4. The lowest BCUT2D eigenvalue weighted by Crippen LogP contribution is -2.49. The van der Waals surface area contributed by atoms with Crippen molar-refractivity contribution in [1.82, 2.24) is 64.9 Å². The fourth-order valence-corrected chi connectivity index (χ4v) is 19.1. The molecule has 9 aromatic carbocycles. The Labute approximate surface area is 913 Å². The van der Waals surface area contributed by atoms with E-state index in [9.17, 15) is 43.5 Å². The van der Waals surface area contributed by atoms with E-state index in [0.29, 0.717) is 146 Å². The first-order valence-corrected chi connectivity index (χ1v) is 53.9. The second-order valence-corrected chi connectivity index (χ2v) is 47.5. The van der Waals surface area contributed by atoms with Crippen molar-refractivity contribution in [3.8, 4) is 17.1 Å². The molecule has 6 aliphatic heterocycles. The number of aromatic nitrogens is 6. The van der Waals surface area contributed by atoms with Gasteiger partial charge >= 0.3 is 24.4 Å². The Kier molecular flexibility index (Phi) is 38.9. The summed E-state index contributed by atoms with van der Waals surface area (Å²) in [6, 6.07) is 60.8. The number of fused-ring (bicyclic) bond motifs is 3. The molecule has 6 saturated heterocycles. The maximum Gasteiger partial charge on any atom is 0.410 e. The number of ketones is 1. The second kappa shape index (κ2) is 49.8. The van der Waals surface area contributed by atoms with Crippen LogP contribution < -0.4 is 27.4 Å². The third-order valence-corrected chi connectivity index (χ3v) is 27.5. The lowest BCUT2D eigenvalue weighted by molar-refractivity contribution is -0.122. The van der Waals surface area contributed by atoms with Crippen LogP contribution >= 0.6 is 70.4 Å². The minimum Gasteiger partial charge on any atom is -0.444 e. The van der Waals surface area contributed by atoms with Gasteiger partial charge in [0.1, 0.15) is 55.9 Å². The molecule has 5 atom stereocenters. The van der Waals surface area contributed by atoms with Gasteiger partial charge in [-0.3, -0.25) is 19.2 Å². The molecule has 0 aliphatic carbocycles. The molecular formula is C114H137Br3F4IN15O13. The van der Waals surface area contributed by atoms with Crippen molar-refractivity contribution in [1.29, 1.82) is 0 Å². The lowest BCUT2D eigenvalue weighted by atomic mass is 9.86. The molecule has 802 valence electrons. The first-order valence-electron chi connectivity index (χ1n) is 50.4. The lowest BCUT2D eigenvalue weighted by Gasteiger charge is -2.40. The van der Waals surface area contributed by atoms with Crippen molar-refractivity contribution in [2.24, 2.45) is 11.5 Å². The number of benzene rings is 9. The summed E-state index contributed by atoms with van der Waals surface area (Å²) in [7, 11) is 0. The van der Waals surface area contributed by atoms with E-state index in [1.54, 1.807) is 94.3 Å². The van der Waals surface area contributed by atoms with E-state index in [1.165, 1.54) is 18.3 Å². The van der Waals surface area contributed by atoms with Crippen LogP contribution in [0, 0.1) is 3.57 Å². The van der Waals surface area contributed by atoms with Crippen molar-refractivity contribution in [2.75, 3.05) is 78.5 Å². The SMILES string of the molecule is Brc1ccc(I)cc1.CC(C)(C)NC(=O)c1cccc2cn(-c3ccc(C4(F)CCCN(C(=O)OC(C)(C)C)C4)cc3)nc12.CC(C)(C)OC(=O)N1CCCC(=O)C1.CC(C)(C)OC(=O)N1CCCC(F)(c2ccc(Br)cc2)C1.CC(C)(C)OC(=O)N1CCCC(O)(c2ccc(Br)cc2)C1.NC(=O)c1cccc2cn(-c3ccc(C4(F)CCCNC4)cc3)nc12.NC(=O)c1cccc2cn(-c3ccc(C4(F)CCCNC4)cc3)nc12. The van der Waals surface area contributed by atoms with Crippen molar-refractivity contribution in [3.05, 3.63) is 280 Å². The van der Waals surface area contributed by atoms with Crippen LogP contribution in [0.5, 0.6) is 0 Å². The average molecular weight is 2370 g/mol. The number of likely N-dealkylation sites (tertiary alicyclic amines) is 4. The number of amides is 7. The van der Waals surface area contributed by atoms with Crippen LogP contribution in [0.25, 0.3) is 49.8 Å². The topological polar surface area (TPSA) is 348 Å². The fraction of sp³-hybridized carbons (Fsp3) is 0.430. The number of primary amides is 2. The first-order chi connectivity index (χ1) is 70.4. The van der Waals surface area contributed by atoms with Crippen LogP contribution in [-0.2, 0) is 52.0 Å². The van der Waals surface area contributed by atoms with Crippen molar-refractivity contribution < 1.29 is 80.0 Å². The van der Waals surface area contributed by atoms with Gasteiger partial charge in [0.25, 0.3) is 17.7 Å². The van der Waals surface area contributed by atoms with Crippen LogP contribution in [0.4, 0.5) is 36.7 Å². The number of rotatable bonds is 11. The number of carbonyl (C=O) groups excluding carboxylic acids is 8. The summed E-state index contributed by atoms with van der Waals surface area (Å²) < 4.78 is 91.9. The van der Waals surface area contributed by atoms with E-state index >= 15 is 17.6 Å². The van der Waals surface area contributed by atoms with Gasteiger partial charge in [-0.1, -0.05) is 145 Å². The van der Waals surface area contributed by atoms with Crippen LogP contribution in [0.2, 0.25) is 0 Å². The monoisotopic (exact) mass is 2360 g/mol. The number of ether oxygens (including phenoxy) is 4. The largest absolute Gasteiger partial charge is 0.444 e. The summed E-state index contributed by atoms with van der Waals surface area (Å²) in [5, 5.41) is 36.2. The predicted octanol–water partition coefficient (Wildman–Crippen LogP) is 24.0. The summed E-state index contributed by atoms with van der Waals surface area (Å²) in [4.78, 5) is 101. The van der Waals surface area contributed by atoms with Crippen molar-refractivity contribution in [2.45, 2.75) is 237 Å². The summed E-state index contributed by atoms with van der Waals surface area (Å²) in [6.07, 6.45) is 11.3. The number of halogens is 8. The van der Waals surface area contributed by atoms with Gasteiger partial charge in [-0.15, -0.1) is 0 Å². The Bertz CT molecular complexity index is 6410. The van der Waals surface area contributed by atoms with Gasteiger partial charge in [-0.2, -0.15) is 15.3 Å². The third kappa shape index (κ3) is 32.9. The molecule has 6 aliphatic rings. The molecule has 0 spiro atoms. The van der Waals surface area contributed by atoms with E-state index in [-0.39, 0.29) is 55.6 Å². The zero-order valence-electron chi connectivity index (χ0n) is 87.8. The molecule has 5 unspecified atom stereocenters. The van der Waals surface area contributed by atoms with E-state index in [1.807, 2.05) is 235 Å². The quantitative estimate of drug-likeness (QED) is 0.0398. The Morgan fingerprint density at radius 1 is 0.387 bits per heavy atom. The Morgan fingerprint density at radius 3 is 1.01 bits per heavy atom. The number of nitrogens with two attached hydrogens (primary N) is 2. The van der Waals surface area contributed by atoms with Gasteiger partial charge in [-0.25, -0.2) is 50.8 Å². The van der Waals surface area contributed by atoms with Crippen LogP contribution in [-0.4, -0.2) is 208 Å². The fourth-order valence-electron chi connectivity index (χ4n) is 18.0. The normalized spacial score (nSPS) is 20.0. The number of Topliss-reactive ketones (excluding diaryl/α,β-unsaturated/α-hetero) is 1. The maximum atomic E-state index is 16.0. The summed E-state index contributed by atoms with van der Waals surface area (Å²) in [6.45, 7) is 32.8. The molecule has 150 heavy (non-hydrogen) atoms. The highest BCUT2D eigenvalue weighted by molar-refractivity contribution is 14.1. The number of hydrogen-bond acceptors (Lipinski definition) is 18. The van der Waals surface area contributed by atoms with Crippen LogP contribution in [0.3, 0.4) is 0 Å². The second-order valence-electron chi connectivity index (χ2n) is 43.5. The molecule has 3 aromatic heterocycles. The summed E-state index contributed by atoms with van der Waals surface area (Å²) in [5.41, 5.74) is 10.2. The Hall–Kier alpha value is -11.7. The first kappa shape index (κ1) is 117. The van der Waals surface area contributed by atoms with Gasteiger partial charge in [0.15, 0.2) is 17.1 Å². The van der Waals surface area contributed by atoms with Gasteiger partial charge < -0.3 is 71.1 Å². The van der Waals surface area contributed by atoms with Crippen LogP contribution in [0.1, 0.15) is 240 Å². The molecule has 9 heterocycles. The van der Waals surface area contributed by atoms with Crippen molar-refractivity contribution >= 4 is 151 Å². The smallest absolute Gasteiger partial charge is 0.410 e. The molecule has 0 bridgehead atoms. The van der Waals surface area contributed by atoms with Gasteiger partial charge in [0.05, 0.1) is 59.9 Å². The molecule has 18 rings (SSSR count). The van der Waals surface area contributed by atoms with E-state index < -0.39 is 74.7 Å². The Morgan fingerprint density at radius 2 is 0.687 bits per heavy atom.